The van der Waals surface area contributed by atoms with Crippen LogP contribution in [-0.4, -0.2) is 9.91 Å². The van der Waals surface area contributed by atoms with Crippen LogP contribution in [0.2, 0.25) is 0 Å². The van der Waals surface area contributed by atoms with Gasteiger partial charge in [-0.1, -0.05) is 0 Å². The van der Waals surface area contributed by atoms with E-state index in [9.17, 15) is 18.9 Å². The van der Waals surface area contributed by atoms with Crippen molar-refractivity contribution >= 4 is 11.5 Å². The van der Waals surface area contributed by atoms with Gasteiger partial charge in [0, 0.05) is 12.1 Å². The van der Waals surface area contributed by atoms with E-state index >= 15 is 0 Å². The second kappa shape index (κ2) is 4.13. The van der Waals surface area contributed by atoms with Crippen LogP contribution in [0.25, 0.3) is 0 Å². The van der Waals surface area contributed by atoms with E-state index < -0.39 is 28.4 Å². The minimum absolute atomic E-state index is 0.00750. The Hall–Kier alpha value is -1.83. The summed E-state index contributed by atoms with van der Waals surface area (Å²) >= 11 is 0. The predicted molar refractivity (Wildman–Crippen MR) is 48.2 cm³/mol. The lowest BCUT2D eigenvalue weighted by Crippen LogP contribution is -2.09. The molecule has 0 aliphatic rings. The molecule has 0 radical (unpaired) electrons. The van der Waals surface area contributed by atoms with Crippen LogP contribution in [0.5, 0.6) is 0 Å². The highest BCUT2D eigenvalue weighted by molar-refractivity contribution is 5.61. The third kappa shape index (κ3) is 1.99. The number of aromatic nitrogens is 1. The number of anilines is 1. The van der Waals surface area contributed by atoms with Gasteiger partial charge in [-0.15, -0.1) is 0 Å². The number of nitrogen functional groups attached to an aromatic ring is 1. The molecule has 0 saturated heterocycles. The summed E-state index contributed by atoms with van der Waals surface area (Å²) in [6.45, 7) is -0.200. The molecular formula is C7H8F2N4O2. The van der Waals surface area contributed by atoms with Gasteiger partial charge in [0.1, 0.15) is 11.9 Å². The van der Waals surface area contributed by atoms with Crippen LogP contribution < -0.4 is 11.5 Å². The van der Waals surface area contributed by atoms with Gasteiger partial charge in [-0.2, -0.15) is 0 Å². The van der Waals surface area contributed by atoms with Crippen molar-refractivity contribution < 1.29 is 13.7 Å². The Kier molecular flexibility index (Phi) is 3.10. The zero-order chi connectivity index (χ0) is 11.6. The first kappa shape index (κ1) is 11.2. The highest BCUT2D eigenvalue weighted by atomic mass is 19.3. The minimum atomic E-state index is -2.91. The maximum Gasteiger partial charge on any atom is 0.387 e. The Labute approximate surface area is 83.0 Å². The van der Waals surface area contributed by atoms with Gasteiger partial charge in [-0.25, -0.2) is 8.78 Å². The molecule has 82 valence electrons. The molecule has 6 nitrogen and oxygen atoms in total. The first-order chi connectivity index (χ1) is 6.99. The lowest BCUT2D eigenvalue weighted by Gasteiger charge is -2.08. The second-order valence-electron chi connectivity index (χ2n) is 2.70. The standard InChI is InChI=1S/C7H8F2N4O2/c8-6(9)4-3(1-10)2-12-7(5(4)11)13(14)15/h2,6H,1,10-11H2. The lowest BCUT2D eigenvalue weighted by molar-refractivity contribution is -0.388. The van der Waals surface area contributed by atoms with E-state index in [2.05, 4.69) is 4.98 Å². The van der Waals surface area contributed by atoms with Crippen LogP contribution in [0, 0.1) is 10.1 Å². The average molecular weight is 218 g/mol. The van der Waals surface area contributed by atoms with Crippen molar-refractivity contribution in [2.45, 2.75) is 13.0 Å². The first-order valence-electron chi connectivity index (χ1n) is 3.88. The number of rotatable bonds is 3. The molecule has 1 aromatic heterocycles. The van der Waals surface area contributed by atoms with Gasteiger partial charge in [-0.05, 0) is 9.91 Å². The molecule has 8 heteroatoms. The zero-order valence-corrected chi connectivity index (χ0v) is 7.48. The van der Waals surface area contributed by atoms with Gasteiger partial charge in [0.2, 0.25) is 0 Å². The summed E-state index contributed by atoms with van der Waals surface area (Å²) in [4.78, 5) is 12.8. The van der Waals surface area contributed by atoms with E-state index in [0.717, 1.165) is 6.20 Å². The van der Waals surface area contributed by atoms with Gasteiger partial charge in [0.25, 0.3) is 6.43 Å². The first-order valence-corrected chi connectivity index (χ1v) is 3.88. The molecule has 1 rings (SSSR count). The number of nitrogens with two attached hydrogens (primary N) is 2. The maximum absolute atomic E-state index is 12.5. The fourth-order valence-corrected chi connectivity index (χ4v) is 1.14. The predicted octanol–water partition coefficient (Wildman–Crippen LogP) is 0.968. The molecule has 4 N–H and O–H groups in total. The number of alkyl halides is 2. The van der Waals surface area contributed by atoms with Crippen LogP contribution in [-0.2, 0) is 6.54 Å². The highest BCUT2D eigenvalue weighted by Crippen LogP contribution is 2.33. The van der Waals surface area contributed by atoms with Crippen molar-refractivity contribution in [1.29, 1.82) is 0 Å². The Morgan fingerprint density at radius 2 is 2.20 bits per heavy atom. The molecule has 0 atom stereocenters. The third-order valence-electron chi connectivity index (χ3n) is 1.83. The molecule has 1 heterocycles. The number of halogens is 2. The van der Waals surface area contributed by atoms with Crippen LogP contribution in [0.1, 0.15) is 17.6 Å². The van der Waals surface area contributed by atoms with Crippen LogP contribution in [0.4, 0.5) is 20.3 Å². The molecule has 0 saturated carbocycles. The van der Waals surface area contributed by atoms with E-state index in [1.54, 1.807) is 0 Å². The molecule has 0 amide bonds. The summed E-state index contributed by atoms with van der Waals surface area (Å²) in [5.74, 6) is -0.775. The molecule has 0 spiro atoms. The number of hydrogen-bond acceptors (Lipinski definition) is 5. The normalized spacial score (nSPS) is 10.7. The number of nitro groups is 1. The van der Waals surface area contributed by atoms with E-state index in [4.69, 9.17) is 11.5 Å². The topological polar surface area (TPSA) is 108 Å². The summed E-state index contributed by atoms with van der Waals surface area (Å²) in [7, 11) is 0. The molecule has 0 unspecified atom stereocenters. The lowest BCUT2D eigenvalue weighted by atomic mass is 10.1. The second-order valence-corrected chi connectivity index (χ2v) is 2.70. The van der Waals surface area contributed by atoms with Crippen LogP contribution in [0.15, 0.2) is 6.20 Å². The van der Waals surface area contributed by atoms with Gasteiger partial charge in [-0.3, -0.25) is 0 Å². The van der Waals surface area contributed by atoms with E-state index in [-0.39, 0.29) is 12.1 Å². The Morgan fingerprint density at radius 1 is 1.60 bits per heavy atom. The molecule has 15 heavy (non-hydrogen) atoms. The number of pyridine rings is 1. The van der Waals surface area contributed by atoms with E-state index in [1.807, 2.05) is 0 Å². The van der Waals surface area contributed by atoms with Gasteiger partial charge >= 0.3 is 5.82 Å². The van der Waals surface area contributed by atoms with Crippen molar-refractivity contribution in [1.82, 2.24) is 4.98 Å². The zero-order valence-electron chi connectivity index (χ0n) is 7.48. The quantitative estimate of drug-likeness (QED) is 0.580. The molecule has 1 aromatic rings. The number of hydrogen-bond donors (Lipinski definition) is 2. The smallest absolute Gasteiger partial charge is 0.387 e. The summed E-state index contributed by atoms with van der Waals surface area (Å²) in [5, 5.41) is 10.4. The molecule has 0 aliphatic carbocycles. The van der Waals surface area contributed by atoms with Crippen LogP contribution >= 0.6 is 0 Å². The van der Waals surface area contributed by atoms with Crippen molar-refractivity contribution in [3.8, 4) is 0 Å². The summed E-state index contributed by atoms with van der Waals surface area (Å²) < 4.78 is 25.1. The van der Waals surface area contributed by atoms with E-state index in [1.165, 1.54) is 0 Å². The SMILES string of the molecule is NCc1cnc([N+](=O)[O-])c(N)c1C(F)F. The maximum atomic E-state index is 12.5. The van der Waals surface area contributed by atoms with Gasteiger partial charge < -0.3 is 21.6 Å². The summed E-state index contributed by atoms with van der Waals surface area (Å²) in [6.07, 6.45) is -1.97. The Balaban J connectivity index is 3.42. The van der Waals surface area contributed by atoms with Crippen molar-refractivity contribution in [2.75, 3.05) is 5.73 Å². The summed E-state index contributed by atoms with van der Waals surface area (Å²) in [6, 6.07) is 0. The molecule has 0 aliphatic heterocycles. The summed E-state index contributed by atoms with van der Waals surface area (Å²) in [5.41, 5.74) is 9.18. The monoisotopic (exact) mass is 218 g/mol. The molecule has 0 aromatic carbocycles. The average Bonchev–Trinajstić information content (AvgIpc) is 2.15. The van der Waals surface area contributed by atoms with Gasteiger partial charge in [0.15, 0.2) is 0 Å². The molecule has 0 bridgehead atoms. The fourth-order valence-electron chi connectivity index (χ4n) is 1.14. The Morgan fingerprint density at radius 3 is 2.60 bits per heavy atom. The molecular weight excluding hydrogens is 210 g/mol. The highest BCUT2D eigenvalue weighted by Gasteiger charge is 2.25. The Bertz CT molecular complexity index is 397. The fraction of sp³-hybridized carbons (Fsp3) is 0.286. The van der Waals surface area contributed by atoms with Crippen molar-refractivity contribution in [3.63, 3.8) is 0 Å². The molecule has 0 fully saturated rings. The third-order valence-corrected chi connectivity index (χ3v) is 1.83. The largest absolute Gasteiger partial charge is 0.391 e. The van der Waals surface area contributed by atoms with Gasteiger partial charge in [0.05, 0.1) is 5.56 Å². The van der Waals surface area contributed by atoms with Crippen LogP contribution in [0.3, 0.4) is 0 Å². The van der Waals surface area contributed by atoms with E-state index in [0.29, 0.717) is 0 Å². The van der Waals surface area contributed by atoms with Crippen molar-refractivity contribution in [2.24, 2.45) is 5.73 Å². The number of nitrogens with zero attached hydrogens (tertiary/aromatic N) is 2. The minimum Gasteiger partial charge on any atom is -0.391 e. The van der Waals surface area contributed by atoms with Crippen molar-refractivity contribution in [3.05, 3.63) is 27.4 Å².